The number of amides is 1. The van der Waals surface area contributed by atoms with Gasteiger partial charge in [0.15, 0.2) is 5.13 Å². The molecule has 4 nitrogen and oxygen atoms in total. The van der Waals surface area contributed by atoms with Crippen LogP contribution in [-0.4, -0.2) is 16.9 Å². The van der Waals surface area contributed by atoms with Gasteiger partial charge in [0, 0.05) is 11.4 Å². The predicted molar refractivity (Wildman–Crippen MR) is 83.5 cm³/mol. The Kier molecular flexibility index (Phi) is 3.24. The highest BCUT2D eigenvalue weighted by molar-refractivity contribution is 7.15. The Morgan fingerprint density at radius 2 is 2.14 bits per heavy atom. The van der Waals surface area contributed by atoms with Gasteiger partial charge in [0.25, 0.3) is 0 Å². The number of thiazole rings is 1. The fraction of sp³-hybridized carbons (Fsp3) is 0.375. The number of nitrogens with zero attached hydrogens (tertiary/aromatic N) is 1. The fourth-order valence-electron chi connectivity index (χ4n) is 3.08. The molecule has 4 rings (SSSR count). The largest absolute Gasteiger partial charge is 0.301 e. The maximum Gasteiger partial charge on any atom is 0.243 e. The smallest absolute Gasteiger partial charge is 0.243 e. The number of hydrogen-bond acceptors (Lipinski definition) is 4. The van der Waals surface area contributed by atoms with Crippen molar-refractivity contribution >= 4 is 22.4 Å². The van der Waals surface area contributed by atoms with E-state index in [-0.39, 0.29) is 11.9 Å². The second-order valence-electron chi connectivity index (χ2n) is 5.64. The summed E-state index contributed by atoms with van der Waals surface area (Å²) in [5, 5.41) is 7.04. The summed E-state index contributed by atoms with van der Waals surface area (Å²) in [6.07, 6.45) is 4.10. The zero-order valence-electron chi connectivity index (χ0n) is 11.7. The van der Waals surface area contributed by atoms with Gasteiger partial charge in [0.1, 0.15) is 0 Å². The second kappa shape index (κ2) is 5.24. The highest BCUT2D eigenvalue weighted by Crippen LogP contribution is 2.30. The van der Waals surface area contributed by atoms with E-state index in [9.17, 15) is 4.79 Å². The molecule has 1 atom stereocenters. The van der Waals surface area contributed by atoms with Gasteiger partial charge in [-0.3, -0.25) is 4.79 Å². The lowest BCUT2D eigenvalue weighted by Crippen LogP contribution is -2.44. The summed E-state index contributed by atoms with van der Waals surface area (Å²) in [7, 11) is 0. The van der Waals surface area contributed by atoms with Crippen molar-refractivity contribution in [1.29, 1.82) is 0 Å². The maximum absolute atomic E-state index is 12.4. The van der Waals surface area contributed by atoms with Crippen LogP contribution in [-0.2, 0) is 30.6 Å². The highest BCUT2D eigenvalue weighted by Gasteiger charge is 2.25. The minimum absolute atomic E-state index is 0.0249. The number of anilines is 1. The topological polar surface area (TPSA) is 54.0 Å². The molecule has 1 aliphatic heterocycles. The van der Waals surface area contributed by atoms with Gasteiger partial charge in [0.2, 0.25) is 5.91 Å². The molecule has 5 heteroatoms. The molecule has 0 radical (unpaired) electrons. The number of nitrogens with one attached hydrogen (secondary N) is 2. The van der Waals surface area contributed by atoms with E-state index in [1.807, 2.05) is 12.1 Å². The van der Waals surface area contributed by atoms with E-state index in [1.54, 1.807) is 11.3 Å². The first-order valence-electron chi connectivity index (χ1n) is 7.39. The predicted octanol–water partition coefficient (Wildman–Crippen LogP) is 2.28. The van der Waals surface area contributed by atoms with Crippen LogP contribution in [0.15, 0.2) is 24.3 Å². The summed E-state index contributed by atoms with van der Waals surface area (Å²) in [6.45, 7) is 0.753. The average molecular weight is 299 g/mol. The quantitative estimate of drug-likeness (QED) is 0.894. The van der Waals surface area contributed by atoms with Crippen LogP contribution in [0.4, 0.5) is 5.13 Å². The highest BCUT2D eigenvalue weighted by atomic mass is 32.1. The van der Waals surface area contributed by atoms with E-state index in [0.717, 1.165) is 30.9 Å². The van der Waals surface area contributed by atoms with Crippen LogP contribution in [0.2, 0.25) is 0 Å². The third-order valence-corrected chi connectivity index (χ3v) is 5.30. The number of fused-ring (bicyclic) bond motifs is 2. The molecule has 21 heavy (non-hydrogen) atoms. The minimum atomic E-state index is -0.168. The molecule has 0 fully saturated rings. The average Bonchev–Trinajstić information content (AvgIpc) is 3.08. The summed E-state index contributed by atoms with van der Waals surface area (Å²) in [5.74, 6) is 0.0249. The lowest BCUT2D eigenvalue weighted by molar-refractivity contribution is -0.118. The number of aryl methyl sites for hydroxylation is 2. The number of aromatic nitrogens is 1. The van der Waals surface area contributed by atoms with E-state index in [4.69, 9.17) is 0 Å². The third-order valence-electron chi connectivity index (χ3n) is 4.22. The van der Waals surface area contributed by atoms with Crippen molar-refractivity contribution in [3.8, 4) is 0 Å². The SMILES string of the molecule is O=C(Nc1nc2c(s1)CCC2)[C@@H]1Cc2ccccc2CN1. The van der Waals surface area contributed by atoms with Crippen LogP contribution in [0, 0.1) is 0 Å². The van der Waals surface area contributed by atoms with Gasteiger partial charge in [-0.2, -0.15) is 0 Å². The van der Waals surface area contributed by atoms with Crippen LogP contribution < -0.4 is 10.6 Å². The first kappa shape index (κ1) is 13.0. The number of carbonyl (C=O) groups is 1. The number of rotatable bonds is 2. The molecule has 2 N–H and O–H groups in total. The Labute approximate surface area is 127 Å². The zero-order chi connectivity index (χ0) is 14.2. The molecule has 2 heterocycles. The lowest BCUT2D eigenvalue weighted by Gasteiger charge is -2.24. The first-order chi connectivity index (χ1) is 10.3. The van der Waals surface area contributed by atoms with Gasteiger partial charge in [-0.15, -0.1) is 11.3 Å². The molecule has 2 aliphatic rings. The summed E-state index contributed by atoms with van der Waals surface area (Å²) >= 11 is 1.63. The van der Waals surface area contributed by atoms with Crippen molar-refractivity contribution in [3.05, 3.63) is 46.0 Å². The zero-order valence-corrected chi connectivity index (χ0v) is 12.5. The number of benzene rings is 1. The first-order valence-corrected chi connectivity index (χ1v) is 8.21. The van der Waals surface area contributed by atoms with E-state index < -0.39 is 0 Å². The minimum Gasteiger partial charge on any atom is -0.301 e. The van der Waals surface area contributed by atoms with Gasteiger partial charge in [-0.1, -0.05) is 24.3 Å². The van der Waals surface area contributed by atoms with Crippen molar-refractivity contribution in [2.24, 2.45) is 0 Å². The van der Waals surface area contributed by atoms with Crippen molar-refractivity contribution < 1.29 is 4.79 Å². The number of hydrogen-bond donors (Lipinski definition) is 2. The van der Waals surface area contributed by atoms with E-state index in [0.29, 0.717) is 0 Å². The standard InChI is InChI=1S/C16H17N3OS/c20-15(19-16-18-12-6-3-7-14(12)21-16)13-8-10-4-1-2-5-11(10)9-17-13/h1-2,4-5,13,17H,3,6-9H2,(H,18,19,20)/t13-/m0/s1. The summed E-state index contributed by atoms with van der Waals surface area (Å²) < 4.78 is 0. The Hall–Kier alpha value is -1.72. The Morgan fingerprint density at radius 3 is 3.00 bits per heavy atom. The molecule has 2 aromatic rings. The second-order valence-corrected chi connectivity index (χ2v) is 6.72. The van der Waals surface area contributed by atoms with Gasteiger partial charge < -0.3 is 10.6 Å². The van der Waals surface area contributed by atoms with Gasteiger partial charge in [0.05, 0.1) is 11.7 Å². The molecule has 0 bridgehead atoms. The van der Waals surface area contributed by atoms with E-state index in [2.05, 4.69) is 27.8 Å². The monoisotopic (exact) mass is 299 g/mol. The fourth-order valence-corrected chi connectivity index (χ4v) is 4.13. The molecule has 1 aliphatic carbocycles. The molecule has 1 amide bonds. The molecule has 1 aromatic heterocycles. The molecular weight excluding hydrogens is 282 g/mol. The molecule has 0 saturated heterocycles. The third kappa shape index (κ3) is 2.47. The van der Waals surface area contributed by atoms with Crippen LogP contribution in [0.5, 0.6) is 0 Å². The summed E-state index contributed by atoms with van der Waals surface area (Å²) in [6, 6.07) is 8.12. The van der Waals surface area contributed by atoms with E-state index in [1.165, 1.54) is 28.1 Å². The molecule has 0 spiro atoms. The van der Waals surface area contributed by atoms with Crippen LogP contribution in [0.1, 0.15) is 28.1 Å². The number of carbonyl (C=O) groups excluding carboxylic acids is 1. The molecule has 1 aromatic carbocycles. The van der Waals surface area contributed by atoms with Crippen LogP contribution in [0.25, 0.3) is 0 Å². The lowest BCUT2D eigenvalue weighted by atomic mass is 9.95. The Balaban J connectivity index is 1.46. The van der Waals surface area contributed by atoms with Crippen molar-refractivity contribution in [2.45, 2.75) is 38.3 Å². The summed E-state index contributed by atoms with van der Waals surface area (Å²) in [4.78, 5) is 18.3. The Morgan fingerprint density at radius 1 is 1.29 bits per heavy atom. The van der Waals surface area contributed by atoms with Crippen molar-refractivity contribution in [3.63, 3.8) is 0 Å². The molecule has 108 valence electrons. The van der Waals surface area contributed by atoms with Gasteiger partial charge in [-0.25, -0.2) is 4.98 Å². The van der Waals surface area contributed by atoms with Gasteiger partial charge in [-0.05, 0) is 36.8 Å². The maximum atomic E-state index is 12.4. The van der Waals surface area contributed by atoms with E-state index >= 15 is 0 Å². The Bertz CT molecular complexity index is 673. The molecule has 0 unspecified atom stereocenters. The summed E-state index contributed by atoms with van der Waals surface area (Å²) in [5.41, 5.74) is 3.73. The van der Waals surface area contributed by atoms with Crippen LogP contribution >= 0.6 is 11.3 Å². The van der Waals surface area contributed by atoms with Crippen LogP contribution in [0.3, 0.4) is 0 Å². The molecule has 0 saturated carbocycles. The van der Waals surface area contributed by atoms with Crippen molar-refractivity contribution in [2.75, 3.05) is 5.32 Å². The van der Waals surface area contributed by atoms with Gasteiger partial charge >= 0.3 is 0 Å². The molecular formula is C16H17N3OS. The normalized spacial score (nSPS) is 19.9. The van der Waals surface area contributed by atoms with Crippen molar-refractivity contribution in [1.82, 2.24) is 10.3 Å².